The van der Waals surface area contributed by atoms with Crippen LogP contribution in [0.5, 0.6) is 0 Å². The van der Waals surface area contributed by atoms with Crippen LogP contribution in [-0.2, 0) is 12.8 Å². The van der Waals surface area contributed by atoms with Crippen LogP contribution in [0.25, 0.3) is 0 Å². The van der Waals surface area contributed by atoms with Crippen LogP contribution >= 0.6 is 23.2 Å². The third kappa shape index (κ3) is 1.62. The van der Waals surface area contributed by atoms with Gasteiger partial charge in [0.15, 0.2) is 0 Å². The van der Waals surface area contributed by atoms with Crippen molar-refractivity contribution in [1.29, 1.82) is 0 Å². The van der Waals surface area contributed by atoms with Crippen molar-refractivity contribution in [3.05, 3.63) is 33.1 Å². The summed E-state index contributed by atoms with van der Waals surface area (Å²) in [6.07, 6.45) is 2.35. The molecular weight excluding hydrogens is 224 g/mol. The van der Waals surface area contributed by atoms with E-state index < -0.39 is 5.82 Å². The molecule has 1 aromatic rings. The molecule has 1 aromatic carbocycles. The SMILES string of the molecule is N[C@@H]1CCc2c(cc(F)c(Cl)c2Cl)C1. The zero-order valence-electron chi connectivity index (χ0n) is 7.49. The highest BCUT2D eigenvalue weighted by Crippen LogP contribution is 2.34. The molecule has 0 bridgehead atoms. The number of halogens is 3. The van der Waals surface area contributed by atoms with E-state index in [1.807, 2.05) is 0 Å². The van der Waals surface area contributed by atoms with Gasteiger partial charge in [0.05, 0.1) is 10.0 Å². The van der Waals surface area contributed by atoms with Crippen molar-refractivity contribution in [2.45, 2.75) is 25.3 Å². The highest BCUT2D eigenvalue weighted by molar-refractivity contribution is 6.42. The Balaban J connectivity index is 2.54. The maximum absolute atomic E-state index is 13.2. The van der Waals surface area contributed by atoms with Crippen molar-refractivity contribution in [1.82, 2.24) is 0 Å². The Morgan fingerprint density at radius 3 is 2.79 bits per heavy atom. The Kier molecular flexibility index (Phi) is 2.69. The second-order valence-electron chi connectivity index (χ2n) is 3.63. The van der Waals surface area contributed by atoms with E-state index in [4.69, 9.17) is 28.9 Å². The molecule has 14 heavy (non-hydrogen) atoms. The molecule has 0 aliphatic heterocycles. The zero-order chi connectivity index (χ0) is 10.3. The van der Waals surface area contributed by atoms with Gasteiger partial charge < -0.3 is 5.73 Å². The van der Waals surface area contributed by atoms with Crippen molar-refractivity contribution in [2.75, 3.05) is 0 Å². The number of fused-ring (bicyclic) bond motifs is 1. The molecule has 0 saturated heterocycles. The van der Waals surface area contributed by atoms with Crippen LogP contribution in [0.4, 0.5) is 4.39 Å². The Morgan fingerprint density at radius 1 is 1.36 bits per heavy atom. The largest absolute Gasteiger partial charge is 0.327 e. The minimum atomic E-state index is -0.454. The summed E-state index contributed by atoms with van der Waals surface area (Å²) in [5, 5.41) is 0.384. The summed E-state index contributed by atoms with van der Waals surface area (Å²) >= 11 is 11.7. The molecule has 0 spiro atoms. The first kappa shape index (κ1) is 10.2. The van der Waals surface area contributed by atoms with Crippen molar-refractivity contribution in [3.8, 4) is 0 Å². The number of hydrogen-bond acceptors (Lipinski definition) is 1. The fourth-order valence-corrected chi connectivity index (χ4v) is 2.32. The Morgan fingerprint density at radius 2 is 2.07 bits per heavy atom. The molecule has 1 aliphatic rings. The highest BCUT2D eigenvalue weighted by atomic mass is 35.5. The molecule has 0 aromatic heterocycles. The fourth-order valence-electron chi connectivity index (χ4n) is 1.85. The Labute approximate surface area is 92.0 Å². The highest BCUT2D eigenvalue weighted by Gasteiger charge is 2.21. The maximum Gasteiger partial charge on any atom is 0.143 e. The molecule has 0 unspecified atom stereocenters. The lowest BCUT2D eigenvalue weighted by Gasteiger charge is -2.22. The lowest BCUT2D eigenvalue weighted by atomic mass is 9.88. The summed E-state index contributed by atoms with van der Waals surface area (Å²) in [4.78, 5) is 0. The van der Waals surface area contributed by atoms with Crippen LogP contribution in [0, 0.1) is 5.82 Å². The molecule has 2 N–H and O–H groups in total. The zero-order valence-corrected chi connectivity index (χ0v) is 9.00. The molecule has 1 atom stereocenters. The predicted octanol–water partition coefficient (Wildman–Crippen LogP) is 2.95. The van der Waals surface area contributed by atoms with Crippen molar-refractivity contribution < 1.29 is 4.39 Å². The Bertz CT molecular complexity index is 379. The summed E-state index contributed by atoms with van der Waals surface area (Å²) in [6, 6.07) is 1.56. The average Bonchev–Trinajstić information content (AvgIpc) is 2.14. The molecule has 4 heteroatoms. The normalized spacial score (nSPS) is 20.7. The van der Waals surface area contributed by atoms with Gasteiger partial charge in [0, 0.05) is 6.04 Å². The number of hydrogen-bond donors (Lipinski definition) is 1. The van der Waals surface area contributed by atoms with Crippen LogP contribution in [-0.4, -0.2) is 6.04 Å². The Hall–Kier alpha value is -0.310. The second-order valence-corrected chi connectivity index (χ2v) is 4.38. The average molecular weight is 234 g/mol. The van der Waals surface area contributed by atoms with E-state index >= 15 is 0 Å². The van der Waals surface area contributed by atoms with Crippen LogP contribution in [0.2, 0.25) is 10.0 Å². The van der Waals surface area contributed by atoms with Gasteiger partial charge in [-0.05, 0) is 36.5 Å². The van der Waals surface area contributed by atoms with E-state index in [1.54, 1.807) is 0 Å². The smallest absolute Gasteiger partial charge is 0.143 e. The predicted molar refractivity (Wildman–Crippen MR) is 56.4 cm³/mol. The van der Waals surface area contributed by atoms with Gasteiger partial charge in [-0.2, -0.15) is 0 Å². The molecule has 0 amide bonds. The van der Waals surface area contributed by atoms with Gasteiger partial charge in [-0.25, -0.2) is 4.39 Å². The molecule has 1 nitrogen and oxygen atoms in total. The summed E-state index contributed by atoms with van der Waals surface area (Å²) in [6.45, 7) is 0. The van der Waals surface area contributed by atoms with Crippen LogP contribution in [0.3, 0.4) is 0 Å². The third-order valence-electron chi connectivity index (χ3n) is 2.60. The standard InChI is InChI=1S/C10H10Cl2FN/c11-9-7-2-1-6(14)3-5(7)4-8(13)10(9)12/h4,6H,1-3,14H2/t6-/m1/s1. The van der Waals surface area contributed by atoms with E-state index in [1.165, 1.54) is 6.07 Å². The van der Waals surface area contributed by atoms with E-state index in [-0.39, 0.29) is 11.1 Å². The van der Waals surface area contributed by atoms with Gasteiger partial charge >= 0.3 is 0 Å². The first-order valence-electron chi connectivity index (χ1n) is 4.50. The topological polar surface area (TPSA) is 26.0 Å². The second kappa shape index (κ2) is 3.69. The maximum atomic E-state index is 13.2. The lowest BCUT2D eigenvalue weighted by Crippen LogP contribution is -2.28. The third-order valence-corrected chi connectivity index (χ3v) is 3.49. The number of nitrogens with two attached hydrogens (primary N) is 1. The van der Waals surface area contributed by atoms with E-state index in [9.17, 15) is 4.39 Å². The van der Waals surface area contributed by atoms with Gasteiger partial charge in [0.1, 0.15) is 5.82 Å². The molecule has 0 radical (unpaired) electrons. The van der Waals surface area contributed by atoms with Crippen LogP contribution < -0.4 is 5.73 Å². The summed E-state index contributed by atoms with van der Waals surface area (Å²) in [7, 11) is 0. The van der Waals surface area contributed by atoms with E-state index in [0.717, 1.165) is 24.0 Å². The molecule has 0 fully saturated rings. The van der Waals surface area contributed by atoms with Gasteiger partial charge in [-0.15, -0.1) is 0 Å². The molecular formula is C10H10Cl2FN. The number of rotatable bonds is 0. The van der Waals surface area contributed by atoms with Crippen molar-refractivity contribution in [2.24, 2.45) is 5.73 Å². The fraction of sp³-hybridized carbons (Fsp3) is 0.400. The summed E-state index contributed by atoms with van der Waals surface area (Å²) < 4.78 is 13.2. The van der Waals surface area contributed by atoms with Gasteiger partial charge in [-0.1, -0.05) is 23.2 Å². The quantitative estimate of drug-likeness (QED) is 0.686. The first-order chi connectivity index (χ1) is 6.59. The van der Waals surface area contributed by atoms with Gasteiger partial charge in [0.25, 0.3) is 0 Å². The molecule has 1 aliphatic carbocycles. The molecule has 0 heterocycles. The summed E-state index contributed by atoms with van der Waals surface area (Å²) in [5.74, 6) is -0.454. The number of benzene rings is 1. The molecule has 2 rings (SSSR count). The monoisotopic (exact) mass is 233 g/mol. The van der Waals surface area contributed by atoms with Gasteiger partial charge in [-0.3, -0.25) is 0 Å². The minimum absolute atomic E-state index is 0.0286. The molecule has 76 valence electrons. The van der Waals surface area contributed by atoms with Crippen molar-refractivity contribution >= 4 is 23.2 Å². The van der Waals surface area contributed by atoms with Crippen molar-refractivity contribution in [3.63, 3.8) is 0 Å². The van der Waals surface area contributed by atoms with Crippen LogP contribution in [0.15, 0.2) is 6.07 Å². The lowest BCUT2D eigenvalue weighted by molar-refractivity contribution is 0.566. The summed E-state index contributed by atoms with van der Waals surface area (Å²) in [5.41, 5.74) is 7.65. The minimum Gasteiger partial charge on any atom is -0.327 e. The molecule has 0 saturated carbocycles. The van der Waals surface area contributed by atoms with Crippen LogP contribution in [0.1, 0.15) is 17.5 Å². The van der Waals surface area contributed by atoms with E-state index in [2.05, 4.69) is 0 Å². The van der Waals surface area contributed by atoms with E-state index in [0.29, 0.717) is 11.4 Å². The first-order valence-corrected chi connectivity index (χ1v) is 5.26. The van der Waals surface area contributed by atoms with Gasteiger partial charge in [0.2, 0.25) is 0 Å².